The monoisotopic (exact) mass is 294 g/mol. The first-order valence-corrected chi connectivity index (χ1v) is 7.39. The zero-order valence-electron chi connectivity index (χ0n) is 10.2. The number of rotatable bonds is 3. The summed E-state index contributed by atoms with van der Waals surface area (Å²) in [7, 11) is -1.15. The predicted octanol–water partition coefficient (Wildman–Crippen LogP) is 3.20. The largest absolute Gasteiger partial charge is 0.468 e. The highest BCUT2D eigenvalue weighted by atomic mass is 35.5. The molecular formula is C13H11ClN2O2S. The van der Waals surface area contributed by atoms with E-state index in [1.54, 1.807) is 31.5 Å². The molecule has 6 heteroatoms. The highest BCUT2D eigenvalue weighted by Crippen LogP contribution is 2.18. The van der Waals surface area contributed by atoms with Crippen molar-refractivity contribution in [1.82, 2.24) is 9.38 Å². The van der Waals surface area contributed by atoms with Gasteiger partial charge in [0.1, 0.15) is 11.4 Å². The summed E-state index contributed by atoms with van der Waals surface area (Å²) in [5.74, 6) is 1.05. The topological polar surface area (TPSA) is 47.5 Å². The van der Waals surface area contributed by atoms with Gasteiger partial charge in [0, 0.05) is 12.4 Å². The first kappa shape index (κ1) is 12.4. The lowest BCUT2D eigenvalue weighted by Crippen LogP contribution is -1.96. The Balaban J connectivity index is 1.89. The molecule has 0 saturated carbocycles. The van der Waals surface area contributed by atoms with Crippen molar-refractivity contribution in [3.05, 3.63) is 53.3 Å². The van der Waals surface area contributed by atoms with E-state index in [-0.39, 0.29) is 0 Å². The van der Waals surface area contributed by atoms with Crippen molar-refractivity contribution >= 4 is 28.0 Å². The Hall–Kier alpha value is -1.59. The van der Waals surface area contributed by atoms with E-state index in [1.165, 1.54) is 0 Å². The standard InChI is InChI=1S/C13H11ClN2O2S/c1-9-12(4-5-18-9)19(17)8-11-7-16-6-10(14)2-3-13(16)15-11/h2-7H,8H2,1H3. The Labute approximate surface area is 117 Å². The Kier molecular flexibility index (Phi) is 3.16. The number of aromatic nitrogens is 2. The second-order valence-corrected chi connectivity index (χ2v) is 6.03. The summed E-state index contributed by atoms with van der Waals surface area (Å²) in [5, 5.41) is 0.642. The van der Waals surface area contributed by atoms with E-state index in [9.17, 15) is 4.21 Å². The molecule has 0 aliphatic heterocycles. The van der Waals surface area contributed by atoms with Crippen molar-refractivity contribution in [2.24, 2.45) is 0 Å². The molecule has 0 aliphatic carbocycles. The lowest BCUT2D eigenvalue weighted by atomic mass is 10.5. The minimum Gasteiger partial charge on any atom is -0.468 e. The Morgan fingerprint density at radius 1 is 1.37 bits per heavy atom. The van der Waals surface area contributed by atoms with Crippen molar-refractivity contribution in [2.75, 3.05) is 0 Å². The van der Waals surface area contributed by atoms with Crippen LogP contribution in [0.5, 0.6) is 0 Å². The molecule has 19 heavy (non-hydrogen) atoms. The highest BCUT2D eigenvalue weighted by Gasteiger charge is 2.12. The van der Waals surface area contributed by atoms with Gasteiger partial charge in [0.15, 0.2) is 0 Å². The second kappa shape index (κ2) is 4.83. The van der Waals surface area contributed by atoms with Gasteiger partial charge in [0.05, 0.1) is 38.4 Å². The van der Waals surface area contributed by atoms with Gasteiger partial charge >= 0.3 is 0 Å². The van der Waals surface area contributed by atoms with Gasteiger partial charge in [-0.3, -0.25) is 4.21 Å². The van der Waals surface area contributed by atoms with Gasteiger partial charge in [0.2, 0.25) is 0 Å². The number of hydrogen-bond donors (Lipinski definition) is 0. The SMILES string of the molecule is Cc1occc1S(=O)Cc1cn2cc(Cl)ccc2n1. The normalized spacial score (nSPS) is 12.9. The molecule has 1 atom stereocenters. The maximum Gasteiger partial charge on any atom is 0.137 e. The number of imidazole rings is 1. The number of pyridine rings is 1. The van der Waals surface area contributed by atoms with Crippen LogP contribution in [0.4, 0.5) is 0 Å². The second-order valence-electron chi connectivity index (χ2n) is 4.18. The molecule has 0 fully saturated rings. The quantitative estimate of drug-likeness (QED) is 0.745. The number of halogens is 1. The third kappa shape index (κ3) is 2.43. The van der Waals surface area contributed by atoms with Gasteiger partial charge in [-0.05, 0) is 25.1 Å². The lowest BCUT2D eigenvalue weighted by molar-refractivity contribution is 0.526. The van der Waals surface area contributed by atoms with Gasteiger partial charge in [-0.15, -0.1) is 0 Å². The molecule has 0 saturated heterocycles. The summed E-state index contributed by atoms with van der Waals surface area (Å²) >= 11 is 5.91. The average molecular weight is 295 g/mol. The van der Waals surface area contributed by atoms with E-state index in [4.69, 9.17) is 16.0 Å². The molecule has 3 rings (SSSR count). The number of fused-ring (bicyclic) bond motifs is 1. The van der Waals surface area contributed by atoms with Crippen LogP contribution < -0.4 is 0 Å². The van der Waals surface area contributed by atoms with E-state index in [0.717, 1.165) is 16.2 Å². The Bertz CT molecular complexity index is 763. The summed E-state index contributed by atoms with van der Waals surface area (Å²) in [6.45, 7) is 1.80. The summed E-state index contributed by atoms with van der Waals surface area (Å²) < 4.78 is 19.2. The van der Waals surface area contributed by atoms with Crippen LogP contribution >= 0.6 is 11.6 Å². The molecule has 0 amide bonds. The average Bonchev–Trinajstić information content (AvgIpc) is 2.94. The molecule has 98 valence electrons. The van der Waals surface area contributed by atoms with E-state index in [2.05, 4.69) is 4.98 Å². The third-order valence-electron chi connectivity index (χ3n) is 2.80. The van der Waals surface area contributed by atoms with Crippen molar-refractivity contribution < 1.29 is 8.63 Å². The fourth-order valence-electron chi connectivity index (χ4n) is 1.91. The number of aryl methyl sites for hydroxylation is 1. The Morgan fingerprint density at radius 3 is 2.95 bits per heavy atom. The molecule has 3 aromatic heterocycles. The van der Waals surface area contributed by atoms with Crippen molar-refractivity contribution in [1.29, 1.82) is 0 Å². The number of hydrogen-bond acceptors (Lipinski definition) is 3. The summed E-state index contributed by atoms with van der Waals surface area (Å²) in [6.07, 6.45) is 5.17. The molecule has 0 bridgehead atoms. The van der Waals surface area contributed by atoms with E-state index < -0.39 is 10.8 Å². The van der Waals surface area contributed by atoms with Crippen LogP contribution in [0.2, 0.25) is 5.02 Å². The molecule has 0 spiro atoms. The van der Waals surface area contributed by atoms with E-state index in [0.29, 0.717) is 16.5 Å². The zero-order chi connectivity index (χ0) is 13.4. The van der Waals surface area contributed by atoms with Crippen LogP contribution in [-0.2, 0) is 16.6 Å². The molecule has 1 unspecified atom stereocenters. The maximum atomic E-state index is 12.2. The van der Waals surface area contributed by atoms with E-state index in [1.807, 2.05) is 16.7 Å². The molecule has 0 aliphatic rings. The summed E-state index contributed by atoms with van der Waals surface area (Å²) in [4.78, 5) is 5.13. The first-order valence-electron chi connectivity index (χ1n) is 5.69. The first-order chi connectivity index (χ1) is 9.13. The van der Waals surface area contributed by atoms with Crippen LogP contribution in [-0.4, -0.2) is 13.6 Å². The third-order valence-corrected chi connectivity index (χ3v) is 4.50. The zero-order valence-corrected chi connectivity index (χ0v) is 11.7. The van der Waals surface area contributed by atoms with Gasteiger partial charge in [-0.1, -0.05) is 11.6 Å². The molecule has 0 N–H and O–H groups in total. The smallest absolute Gasteiger partial charge is 0.137 e. The maximum absolute atomic E-state index is 12.2. The van der Waals surface area contributed by atoms with Crippen LogP contribution in [0, 0.1) is 6.92 Å². The molecule has 3 aromatic rings. The minimum absolute atomic E-state index is 0.361. The van der Waals surface area contributed by atoms with Gasteiger partial charge in [-0.25, -0.2) is 4.98 Å². The van der Waals surface area contributed by atoms with Crippen LogP contribution in [0.15, 0.2) is 46.2 Å². The van der Waals surface area contributed by atoms with Gasteiger partial charge in [-0.2, -0.15) is 0 Å². The van der Waals surface area contributed by atoms with Crippen LogP contribution in [0.3, 0.4) is 0 Å². The number of furan rings is 1. The lowest BCUT2D eigenvalue weighted by Gasteiger charge is -1.96. The van der Waals surface area contributed by atoms with E-state index >= 15 is 0 Å². The minimum atomic E-state index is -1.15. The fourth-order valence-corrected chi connectivity index (χ4v) is 3.22. The molecule has 4 nitrogen and oxygen atoms in total. The van der Waals surface area contributed by atoms with Gasteiger partial charge in [0.25, 0.3) is 0 Å². The fraction of sp³-hybridized carbons (Fsp3) is 0.154. The van der Waals surface area contributed by atoms with Gasteiger partial charge < -0.3 is 8.82 Å². The number of nitrogens with zero attached hydrogens (tertiary/aromatic N) is 2. The molecule has 0 radical (unpaired) electrons. The molecule has 3 heterocycles. The predicted molar refractivity (Wildman–Crippen MR) is 73.8 cm³/mol. The highest BCUT2D eigenvalue weighted by molar-refractivity contribution is 7.84. The molecule has 0 aromatic carbocycles. The Morgan fingerprint density at radius 2 is 2.21 bits per heavy atom. The van der Waals surface area contributed by atoms with Crippen LogP contribution in [0.1, 0.15) is 11.5 Å². The summed E-state index contributed by atoms with van der Waals surface area (Å²) in [5.41, 5.74) is 1.56. The molecular weight excluding hydrogens is 284 g/mol. The van der Waals surface area contributed by atoms with Crippen LogP contribution in [0.25, 0.3) is 5.65 Å². The van der Waals surface area contributed by atoms with Crippen molar-refractivity contribution in [3.8, 4) is 0 Å². The van der Waals surface area contributed by atoms with Crippen molar-refractivity contribution in [3.63, 3.8) is 0 Å². The van der Waals surface area contributed by atoms with Crippen molar-refractivity contribution in [2.45, 2.75) is 17.6 Å². The summed E-state index contributed by atoms with van der Waals surface area (Å²) in [6, 6.07) is 5.35.